The van der Waals surface area contributed by atoms with Gasteiger partial charge >= 0.3 is 0 Å². The molecule has 0 aromatic carbocycles. The van der Waals surface area contributed by atoms with Gasteiger partial charge < -0.3 is 15.5 Å². The summed E-state index contributed by atoms with van der Waals surface area (Å²) in [7, 11) is 0. The second kappa shape index (κ2) is 22.0. The number of nitrogens with one attached hydrogen (secondary N) is 1. The van der Waals surface area contributed by atoms with Crippen LogP contribution >= 0.6 is 0 Å². The van der Waals surface area contributed by atoms with E-state index in [1.165, 1.54) is 83.5 Å². The van der Waals surface area contributed by atoms with E-state index in [-0.39, 0.29) is 19.1 Å². The molecule has 1 amide bonds. The Labute approximate surface area is 180 Å². The van der Waals surface area contributed by atoms with E-state index >= 15 is 0 Å². The maximum Gasteiger partial charge on any atom is 0.221 e. The molecule has 0 aliphatic rings. The van der Waals surface area contributed by atoms with Gasteiger partial charge in [0.05, 0.1) is 13.2 Å². The van der Waals surface area contributed by atoms with Crippen molar-refractivity contribution in [3.63, 3.8) is 0 Å². The van der Waals surface area contributed by atoms with Crippen molar-refractivity contribution in [2.75, 3.05) is 26.3 Å². The molecule has 0 aliphatic heterocycles. The first-order chi connectivity index (χ1) is 14.2. The molecule has 3 N–H and O–H groups in total. The van der Waals surface area contributed by atoms with Gasteiger partial charge in [0.1, 0.15) is 6.17 Å². The molecular formula is C24H50N2O3. The minimum atomic E-state index is -0.393. The summed E-state index contributed by atoms with van der Waals surface area (Å²) in [4.78, 5) is 13.9. The predicted molar refractivity (Wildman–Crippen MR) is 123 cm³/mol. The normalized spacial score (nSPS) is 12.4. The molecule has 0 fully saturated rings. The third-order valence-corrected chi connectivity index (χ3v) is 5.74. The van der Waals surface area contributed by atoms with Crippen LogP contribution in [0.2, 0.25) is 0 Å². The fourth-order valence-corrected chi connectivity index (χ4v) is 3.83. The molecule has 0 aromatic heterocycles. The highest BCUT2D eigenvalue weighted by atomic mass is 16.3. The lowest BCUT2D eigenvalue weighted by molar-refractivity contribution is -0.123. The molecule has 5 heteroatoms. The van der Waals surface area contributed by atoms with Crippen LogP contribution in [-0.2, 0) is 4.79 Å². The van der Waals surface area contributed by atoms with E-state index in [2.05, 4.69) is 12.2 Å². The largest absolute Gasteiger partial charge is 0.395 e. The van der Waals surface area contributed by atoms with Crippen LogP contribution in [0.3, 0.4) is 0 Å². The van der Waals surface area contributed by atoms with Crippen molar-refractivity contribution in [1.29, 1.82) is 0 Å². The van der Waals surface area contributed by atoms with E-state index in [1.54, 1.807) is 0 Å². The van der Waals surface area contributed by atoms with Crippen molar-refractivity contribution in [2.45, 2.75) is 123 Å². The third-order valence-electron chi connectivity index (χ3n) is 5.74. The van der Waals surface area contributed by atoms with Gasteiger partial charge in [-0.2, -0.15) is 0 Å². The highest BCUT2D eigenvalue weighted by Crippen LogP contribution is 2.13. The Hall–Kier alpha value is -0.650. The first-order valence-electron chi connectivity index (χ1n) is 12.4. The van der Waals surface area contributed by atoms with Gasteiger partial charge in [-0.25, -0.2) is 0 Å². The zero-order valence-electron chi connectivity index (χ0n) is 19.5. The number of hydrogen-bond donors (Lipinski definition) is 3. The molecule has 1 atom stereocenters. The van der Waals surface area contributed by atoms with Crippen LogP contribution in [0.5, 0.6) is 0 Å². The number of likely N-dealkylation sites (N-methyl/N-ethyl adjacent to an activating group) is 1. The molecule has 0 aliphatic carbocycles. The van der Waals surface area contributed by atoms with Crippen LogP contribution in [0.1, 0.15) is 117 Å². The van der Waals surface area contributed by atoms with E-state index in [0.29, 0.717) is 19.5 Å². The molecule has 0 saturated heterocycles. The fourth-order valence-electron chi connectivity index (χ4n) is 3.83. The van der Waals surface area contributed by atoms with Gasteiger partial charge in [0, 0.05) is 13.0 Å². The van der Waals surface area contributed by atoms with Crippen molar-refractivity contribution in [3.05, 3.63) is 0 Å². The lowest BCUT2D eigenvalue weighted by Gasteiger charge is -2.29. The van der Waals surface area contributed by atoms with Gasteiger partial charge in [-0.05, 0) is 13.0 Å². The SMILES string of the molecule is CCCCCCCCCCCCCCCCCC(=O)NC(CO)N(CC)CCO. The zero-order valence-corrected chi connectivity index (χ0v) is 19.5. The summed E-state index contributed by atoms with van der Waals surface area (Å²) >= 11 is 0. The Morgan fingerprint density at radius 1 is 0.759 bits per heavy atom. The maximum atomic E-state index is 12.1. The molecule has 0 aromatic rings. The van der Waals surface area contributed by atoms with Crippen molar-refractivity contribution < 1.29 is 15.0 Å². The first kappa shape index (κ1) is 28.4. The number of aliphatic hydroxyl groups is 2. The second-order valence-corrected chi connectivity index (χ2v) is 8.32. The molecule has 0 rings (SSSR count). The molecule has 0 spiro atoms. The zero-order chi connectivity index (χ0) is 21.6. The molecule has 5 nitrogen and oxygen atoms in total. The molecule has 1 unspecified atom stereocenters. The summed E-state index contributed by atoms with van der Waals surface area (Å²) in [6.07, 6.45) is 19.9. The van der Waals surface area contributed by atoms with Gasteiger partial charge in [0.15, 0.2) is 0 Å². The Bertz CT molecular complexity index is 353. The van der Waals surface area contributed by atoms with Crippen LogP contribution in [0.15, 0.2) is 0 Å². The van der Waals surface area contributed by atoms with E-state index in [0.717, 1.165) is 12.8 Å². The first-order valence-corrected chi connectivity index (χ1v) is 12.4. The highest BCUT2D eigenvalue weighted by molar-refractivity contribution is 5.76. The average Bonchev–Trinajstić information content (AvgIpc) is 2.73. The predicted octanol–water partition coefficient (Wildman–Crippen LogP) is 5.00. The molecule has 0 bridgehead atoms. The van der Waals surface area contributed by atoms with E-state index < -0.39 is 6.17 Å². The van der Waals surface area contributed by atoms with Crippen molar-refractivity contribution in [2.24, 2.45) is 0 Å². The Kier molecular flexibility index (Phi) is 21.6. The van der Waals surface area contributed by atoms with Crippen molar-refractivity contribution >= 4 is 5.91 Å². The topological polar surface area (TPSA) is 72.8 Å². The van der Waals surface area contributed by atoms with Gasteiger partial charge in [-0.3, -0.25) is 9.69 Å². The number of hydrogen-bond acceptors (Lipinski definition) is 4. The van der Waals surface area contributed by atoms with Crippen LogP contribution in [0.25, 0.3) is 0 Å². The van der Waals surface area contributed by atoms with Crippen molar-refractivity contribution in [1.82, 2.24) is 10.2 Å². The van der Waals surface area contributed by atoms with E-state index in [1.807, 2.05) is 11.8 Å². The summed E-state index contributed by atoms with van der Waals surface area (Å²) in [6, 6.07) is 0. The highest BCUT2D eigenvalue weighted by Gasteiger charge is 2.17. The third kappa shape index (κ3) is 17.9. The van der Waals surface area contributed by atoms with Gasteiger partial charge in [-0.1, -0.05) is 104 Å². The summed E-state index contributed by atoms with van der Waals surface area (Å²) in [5, 5.41) is 21.4. The molecule has 0 saturated carbocycles. The number of rotatable bonds is 22. The minimum Gasteiger partial charge on any atom is -0.395 e. The van der Waals surface area contributed by atoms with E-state index in [4.69, 9.17) is 5.11 Å². The maximum absolute atomic E-state index is 12.1. The van der Waals surface area contributed by atoms with Crippen LogP contribution in [0, 0.1) is 0 Å². The summed E-state index contributed by atoms with van der Waals surface area (Å²) in [6.45, 7) is 5.27. The number of aliphatic hydroxyl groups excluding tert-OH is 2. The number of carbonyl (C=O) groups excluding carboxylic acids is 1. The standard InChI is InChI=1S/C24H50N2O3/c1-3-5-6-7-8-9-10-11-12-13-14-15-16-17-18-19-24(29)25-23(22-28)26(4-2)20-21-27/h23,27-28H,3-22H2,1-2H3,(H,25,29). The van der Waals surface area contributed by atoms with Gasteiger partial charge in [0.2, 0.25) is 5.91 Å². The molecule has 174 valence electrons. The molecule has 0 heterocycles. The summed E-state index contributed by atoms with van der Waals surface area (Å²) in [5.41, 5.74) is 0. The average molecular weight is 415 g/mol. The Morgan fingerprint density at radius 3 is 1.59 bits per heavy atom. The molecule has 0 radical (unpaired) electrons. The Morgan fingerprint density at radius 2 is 1.21 bits per heavy atom. The fraction of sp³-hybridized carbons (Fsp3) is 0.958. The van der Waals surface area contributed by atoms with Gasteiger partial charge in [-0.15, -0.1) is 0 Å². The lowest BCUT2D eigenvalue weighted by atomic mass is 10.0. The van der Waals surface area contributed by atoms with Crippen molar-refractivity contribution in [3.8, 4) is 0 Å². The van der Waals surface area contributed by atoms with Gasteiger partial charge in [0.25, 0.3) is 0 Å². The number of nitrogens with zero attached hydrogens (tertiary/aromatic N) is 1. The smallest absolute Gasteiger partial charge is 0.221 e. The molecular weight excluding hydrogens is 364 g/mol. The number of amides is 1. The molecule has 29 heavy (non-hydrogen) atoms. The summed E-state index contributed by atoms with van der Waals surface area (Å²) in [5.74, 6) is -0.00451. The van der Waals surface area contributed by atoms with E-state index in [9.17, 15) is 9.90 Å². The quantitative estimate of drug-likeness (QED) is 0.172. The van der Waals surface area contributed by atoms with Crippen LogP contribution in [0.4, 0.5) is 0 Å². The number of unbranched alkanes of at least 4 members (excludes halogenated alkanes) is 14. The number of carbonyl (C=O) groups is 1. The second-order valence-electron chi connectivity index (χ2n) is 8.32. The van der Waals surface area contributed by atoms with Crippen LogP contribution in [-0.4, -0.2) is 53.5 Å². The Balaban J connectivity index is 3.46. The lowest BCUT2D eigenvalue weighted by Crippen LogP contribution is -2.51. The monoisotopic (exact) mass is 414 g/mol. The van der Waals surface area contributed by atoms with Crippen LogP contribution < -0.4 is 5.32 Å². The minimum absolute atomic E-state index is 0.00451. The summed E-state index contributed by atoms with van der Waals surface area (Å²) < 4.78 is 0.